The number of hydrogen-bond acceptors (Lipinski definition) is 9. The summed E-state index contributed by atoms with van der Waals surface area (Å²) in [5.41, 5.74) is 2.88. The maximum absolute atomic E-state index is 14.4. The van der Waals surface area contributed by atoms with Crippen LogP contribution in [0.4, 0.5) is 16.2 Å². The summed E-state index contributed by atoms with van der Waals surface area (Å²) in [6.45, 7) is 11.0. The van der Waals surface area contributed by atoms with E-state index in [1.54, 1.807) is 56.0 Å². The number of fused-ring (bicyclic) bond motifs is 1. The van der Waals surface area contributed by atoms with Gasteiger partial charge in [-0.15, -0.1) is 0 Å². The van der Waals surface area contributed by atoms with E-state index in [-0.39, 0.29) is 41.8 Å². The number of anilines is 2. The van der Waals surface area contributed by atoms with E-state index in [1.807, 2.05) is 33.0 Å². The Morgan fingerprint density at radius 1 is 1.10 bits per heavy atom. The van der Waals surface area contributed by atoms with Gasteiger partial charge >= 0.3 is 12.0 Å². The number of rotatable bonds is 9. The van der Waals surface area contributed by atoms with Crippen LogP contribution in [0.2, 0.25) is 0 Å². The van der Waals surface area contributed by atoms with Crippen molar-refractivity contribution in [2.75, 3.05) is 44.0 Å². The number of aryl methyl sites for hydroxylation is 2. The minimum Gasteiger partial charge on any atom is -0.490 e. The number of amides is 3. The Morgan fingerprint density at radius 3 is 2.49 bits per heavy atom. The van der Waals surface area contributed by atoms with Gasteiger partial charge in [0.25, 0.3) is 5.91 Å². The lowest BCUT2D eigenvalue weighted by atomic mass is 10.0. The maximum atomic E-state index is 14.4. The van der Waals surface area contributed by atoms with Crippen molar-refractivity contribution in [2.45, 2.75) is 78.7 Å². The van der Waals surface area contributed by atoms with Gasteiger partial charge in [-0.3, -0.25) is 9.69 Å². The molecule has 13 nitrogen and oxygen atoms in total. The molecule has 3 aromatic rings. The number of ether oxygens (including phenoxy) is 2. The highest BCUT2D eigenvalue weighted by Crippen LogP contribution is 2.29. The topological polar surface area (TPSA) is 167 Å². The van der Waals surface area contributed by atoms with Crippen LogP contribution in [0.5, 0.6) is 5.75 Å². The number of carbonyl (C=O) groups excluding carboxylic acids is 2. The molecule has 0 spiro atoms. The fourth-order valence-corrected chi connectivity index (χ4v) is 5.84. The Morgan fingerprint density at radius 2 is 1.84 bits per heavy atom. The lowest BCUT2D eigenvalue weighted by Crippen LogP contribution is -2.47. The number of nitrogens with zero attached hydrogens (tertiary/aromatic N) is 3. The maximum Gasteiger partial charge on any atom is 0.335 e. The first-order valence-corrected chi connectivity index (χ1v) is 16.7. The molecule has 49 heavy (non-hydrogen) atoms. The summed E-state index contributed by atoms with van der Waals surface area (Å²) in [5.74, 6) is -0.556. The molecule has 2 heterocycles. The molecule has 0 bridgehead atoms. The largest absolute Gasteiger partial charge is 0.490 e. The predicted octanol–water partition coefficient (Wildman–Crippen LogP) is 5.56. The molecule has 0 saturated carbocycles. The van der Waals surface area contributed by atoms with Gasteiger partial charge in [0.1, 0.15) is 17.1 Å². The number of urea groups is 1. The zero-order valence-corrected chi connectivity index (χ0v) is 29.2. The highest BCUT2D eigenvalue weighted by Gasteiger charge is 2.30. The number of hydrogen-bond donors (Lipinski definition) is 4. The van der Waals surface area contributed by atoms with Crippen molar-refractivity contribution in [1.29, 1.82) is 0 Å². The minimum atomic E-state index is -0.965. The van der Waals surface area contributed by atoms with Gasteiger partial charge in [0.2, 0.25) is 0 Å². The van der Waals surface area contributed by atoms with E-state index in [2.05, 4.69) is 20.7 Å². The van der Waals surface area contributed by atoms with Gasteiger partial charge < -0.3 is 39.7 Å². The Kier molecular flexibility index (Phi) is 13.2. The van der Waals surface area contributed by atoms with Crippen LogP contribution in [0, 0.1) is 19.8 Å². The third-order valence-corrected chi connectivity index (χ3v) is 8.73. The summed E-state index contributed by atoms with van der Waals surface area (Å²) in [4.78, 5) is 42.3. The van der Waals surface area contributed by atoms with Crippen molar-refractivity contribution >= 4 is 29.3 Å². The monoisotopic (exact) mass is 679 g/mol. The molecular weight excluding hydrogens is 630 g/mol. The van der Waals surface area contributed by atoms with E-state index >= 15 is 0 Å². The van der Waals surface area contributed by atoms with E-state index in [4.69, 9.17) is 14.0 Å². The van der Waals surface area contributed by atoms with Crippen LogP contribution in [-0.2, 0) is 11.3 Å². The van der Waals surface area contributed by atoms with Crippen molar-refractivity contribution in [1.82, 2.24) is 15.0 Å². The van der Waals surface area contributed by atoms with Crippen LogP contribution in [0.25, 0.3) is 0 Å². The fourth-order valence-electron chi connectivity index (χ4n) is 5.84. The molecule has 0 saturated heterocycles. The quantitative estimate of drug-likeness (QED) is 0.225. The van der Waals surface area contributed by atoms with Crippen LogP contribution in [0.15, 0.2) is 47.0 Å². The first-order valence-electron chi connectivity index (χ1n) is 16.7. The second-order valence-corrected chi connectivity index (χ2v) is 13.0. The van der Waals surface area contributed by atoms with E-state index in [1.165, 1.54) is 0 Å². The molecule has 4 N–H and O–H groups in total. The number of aliphatic hydroxyl groups is 1. The van der Waals surface area contributed by atoms with Gasteiger partial charge in [-0.1, -0.05) is 24.2 Å². The van der Waals surface area contributed by atoms with Gasteiger partial charge in [-0.2, -0.15) is 0 Å². The van der Waals surface area contributed by atoms with Crippen LogP contribution in [0.3, 0.4) is 0 Å². The van der Waals surface area contributed by atoms with Crippen molar-refractivity contribution in [3.05, 3.63) is 70.6 Å². The average molecular weight is 680 g/mol. The Labute approximate surface area is 287 Å². The Balaban J connectivity index is 1.58. The Hall–Kier alpha value is -4.46. The smallest absolute Gasteiger partial charge is 0.335 e. The molecular formula is C36H49N5O8. The molecule has 1 aliphatic heterocycles. The summed E-state index contributed by atoms with van der Waals surface area (Å²) < 4.78 is 17.9. The number of carboxylic acids is 1. The van der Waals surface area contributed by atoms with Gasteiger partial charge in [0.15, 0.2) is 5.76 Å². The van der Waals surface area contributed by atoms with Crippen molar-refractivity contribution in [3.63, 3.8) is 0 Å². The summed E-state index contributed by atoms with van der Waals surface area (Å²) in [7, 11) is 1.98. The minimum absolute atomic E-state index is 0.122. The summed E-state index contributed by atoms with van der Waals surface area (Å²) in [5, 5.41) is 28.9. The normalized spacial score (nSPS) is 19.8. The summed E-state index contributed by atoms with van der Waals surface area (Å²) >= 11 is 0. The third kappa shape index (κ3) is 10.3. The number of aromatic nitrogens is 1. The lowest BCUT2D eigenvalue weighted by molar-refractivity contribution is -0.0177. The highest BCUT2D eigenvalue weighted by molar-refractivity contribution is 6.03. The van der Waals surface area contributed by atoms with E-state index in [9.17, 15) is 24.6 Å². The number of benzene rings is 2. The molecule has 266 valence electrons. The lowest BCUT2D eigenvalue weighted by Gasteiger charge is -2.36. The van der Waals surface area contributed by atoms with Crippen LogP contribution in [0.1, 0.15) is 77.8 Å². The number of aliphatic hydroxyl groups excluding tert-OH is 1. The third-order valence-electron chi connectivity index (χ3n) is 8.73. The number of likely N-dealkylation sites (N-methyl/N-ethyl adjacent to an activating group) is 1. The molecule has 0 aliphatic carbocycles. The molecule has 4 rings (SSSR count). The van der Waals surface area contributed by atoms with E-state index in [0.717, 1.165) is 24.8 Å². The molecule has 13 heteroatoms. The van der Waals surface area contributed by atoms with Crippen LogP contribution in [-0.4, -0.2) is 94.7 Å². The Bertz CT molecular complexity index is 1560. The molecule has 0 unspecified atom stereocenters. The SMILES string of the molecule is Cc1noc(C)c1NC(=O)Nc1ccc2c(c1)C(=O)N([C@@H](C)CO)C[C@@H](C)[C@H](CN(C)Cc1ccc(C(=O)O)cc1)OCCCC[C@@H](C)O2. The van der Waals surface area contributed by atoms with E-state index < -0.39 is 18.0 Å². The van der Waals surface area contributed by atoms with Gasteiger partial charge in [-0.25, -0.2) is 9.59 Å². The second kappa shape index (κ2) is 17.3. The predicted molar refractivity (Wildman–Crippen MR) is 185 cm³/mol. The zero-order valence-electron chi connectivity index (χ0n) is 29.2. The first kappa shape index (κ1) is 37.4. The van der Waals surface area contributed by atoms with Gasteiger partial charge in [0, 0.05) is 37.8 Å². The van der Waals surface area contributed by atoms with Crippen molar-refractivity contribution in [3.8, 4) is 5.75 Å². The molecule has 2 aromatic carbocycles. The molecule has 0 radical (unpaired) electrons. The summed E-state index contributed by atoms with van der Waals surface area (Å²) in [6, 6.07) is 10.8. The van der Waals surface area contributed by atoms with Gasteiger partial charge in [0.05, 0.1) is 36.0 Å². The molecule has 0 fully saturated rings. The summed E-state index contributed by atoms with van der Waals surface area (Å²) in [6.07, 6.45) is 2.03. The number of carboxylic acid groups (broad SMARTS) is 1. The van der Waals surface area contributed by atoms with Gasteiger partial charge in [-0.05, 0) is 89.9 Å². The number of nitrogens with one attached hydrogen (secondary N) is 2. The molecule has 3 amide bonds. The second-order valence-electron chi connectivity index (χ2n) is 13.0. The van der Waals surface area contributed by atoms with Crippen LogP contribution < -0.4 is 15.4 Å². The van der Waals surface area contributed by atoms with E-state index in [0.29, 0.717) is 54.8 Å². The standard InChI is InChI=1S/C36H49N5O8/c1-22-18-41(23(2)21-42)34(43)30-17-29(37-36(46)38-33-25(4)39-49-26(33)5)14-15-31(30)48-24(3)9-7-8-16-47-32(22)20-40(6)19-27-10-12-28(13-11-27)35(44)45/h10-15,17,22-24,32,42H,7-9,16,18-21H2,1-6H3,(H,44,45)(H2,37,38,46)/t22-,23+,24-,32+/m1/s1. The average Bonchev–Trinajstić information content (AvgIpc) is 3.38. The molecule has 1 aromatic heterocycles. The fraction of sp³-hybridized carbons (Fsp3) is 0.500. The molecule has 1 aliphatic rings. The molecule has 4 atom stereocenters. The zero-order chi connectivity index (χ0) is 35.7. The number of aromatic carboxylic acids is 1. The first-order chi connectivity index (χ1) is 23.4. The van der Waals surface area contributed by atoms with Crippen molar-refractivity contribution < 1.29 is 38.6 Å². The van der Waals surface area contributed by atoms with Crippen LogP contribution >= 0.6 is 0 Å². The number of carbonyl (C=O) groups is 3. The van der Waals surface area contributed by atoms with Crippen molar-refractivity contribution in [2.24, 2.45) is 5.92 Å². The highest BCUT2D eigenvalue weighted by atomic mass is 16.5.